The van der Waals surface area contributed by atoms with Gasteiger partial charge in [0.1, 0.15) is 5.82 Å². The third-order valence-corrected chi connectivity index (χ3v) is 3.48. The SMILES string of the molecule is CCC1(c2cccc(F)c2)CC1CO. The number of rotatable bonds is 3. The summed E-state index contributed by atoms with van der Waals surface area (Å²) < 4.78 is 13.0. The van der Waals surface area contributed by atoms with Crippen LogP contribution in [0.1, 0.15) is 25.3 Å². The van der Waals surface area contributed by atoms with Gasteiger partial charge in [0.25, 0.3) is 0 Å². The molecular weight excluding hydrogens is 179 g/mol. The monoisotopic (exact) mass is 194 g/mol. The molecule has 1 fully saturated rings. The summed E-state index contributed by atoms with van der Waals surface area (Å²) in [5.74, 6) is 0.146. The Hall–Kier alpha value is -0.890. The first kappa shape index (κ1) is 9.66. The first-order valence-electron chi connectivity index (χ1n) is 5.10. The largest absolute Gasteiger partial charge is 0.396 e. The van der Waals surface area contributed by atoms with E-state index in [4.69, 9.17) is 5.11 Å². The predicted molar refractivity (Wildman–Crippen MR) is 53.6 cm³/mol. The van der Waals surface area contributed by atoms with Crippen LogP contribution in [0.5, 0.6) is 0 Å². The number of aliphatic hydroxyl groups is 1. The highest BCUT2D eigenvalue weighted by Gasteiger charge is 2.53. The zero-order chi connectivity index (χ0) is 10.2. The van der Waals surface area contributed by atoms with Gasteiger partial charge in [-0.1, -0.05) is 19.1 Å². The minimum absolute atomic E-state index is 0.0524. The van der Waals surface area contributed by atoms with Gasteiger partial charge in [0, 0.05) is 12.0 Å². The molecule has 0 heterocycles. The molecule has 0 aliphatic heterocycles. The average Bonchev–Trinajstić information content (AvgIpc) is 2.93. The molecule has 1 aliphatic carbocycles. The van der Waals surface area contributed by atoms with Crippen molar-refractivity contribution in [1.29, 1.82) is 0 Å². The molecule has 1 aliphatic rings. The minimum atomic E-state index is -0.182. The van der Waals surface area contributed by atoms with Gasteiger partial charge in [-0.2, -0.15) is 0 Å². The molecule has 1 saturated carbocycles. The molecule has 0 radical (unpaired) electrons. The van der Waals surface area contributed by atoms with Crippen molar-refractivity contribution in [3.05, 3.63) is 35.6 Å². The van der Waals surface area contributed by atoms with E-state index < -0.39 is 0 Å². The molecule has 2 rings (SSSR count). The van der Waals surface area contributed by atoms with Crippen LogP contribution in [0.4, 0.5) is 4.39 Å². The van der Waals surface area contributed by atoms with Crippen LogP contribution >= 0.6 is 0 Å². The van der Waals surface area contributed by atoms with E-state index in [-0.39, 0.29) is 17.8 Å². The van der Waals surface area contributed by atoms with E-state index in [0.29, 0.717) is 5.92 Å². The minimum Gasteiger partial charge on any atom is -0.396 e. The maximum atomic E-state index is 13.0. The smallest absolute Gasteiger partial charge is 0.123 e. The highest BCUT2D eigenvalue weighted by molar-refractivity contribution is 5.33. The van der Waals surface area contributed by atoms with Crippen LogP contribution in [0, 0.1) is 11.7 Å². The number of hydrogen-bond donors (Lipinski definition) is 1. The Morgan fingerprint density at radius 3 is 2.86 bits per heavy atom. The van der Waals surface area contributed by atoms with E-state index in [9.17, 15) is 4.39 Å². The zero-order valence-electron chi connectivity index (χ0n) is 8.33. The van der Waals surface area contributed by atoms with Gasteiger partial charge in [-0.05, 0) is 36.5 Å². The van der Waals surface area contributed by atoms with Crippen LogP contribution in [-0.4, -0.2) is 11.7 Å². The highest BCUT2D eigenvalue weighted by atomic mass is 19.1. The van der Waals surface area contributed by atoms with E-state index in [1.807, 2.05) is 6.07 Å². The second-order valence-electron chi connectivity index (χ2n) is 4.10. The van der Waals surface area contributed by atoms with Crippen molar-refractivity contribution in [2.75, 3.05) is 6.61 Å². The molecule has 1 aromatic carbocycles. The molecule has 0 amide bonds. The molecule has 0 bridgehead atoms. The summed E-state index contributed by atoms with van der Waals surface area (Å²) >= 11 is 0. The van der Waals surface area contributed by atoms with Crippen LogP contribution in [-0.2, 0) is 5.41 Å². The van der Waals surface area contributed by atoms with Crippen molar-refractivity contribution in [2.45, 2.75) is 25.2 Å². The second-order valence-corrected chi connectivity index (χ2v) is 4.10. The first-order valence-corrected chi connectivity index (χ1v) is 5.10. The Kier molecular flexibility index (Phi) is 2.31. The first-order chi connectivity index (χ1) is 6.73. The lowest BCUT2D eigenvalue weighted by Crippen LogP contribution is -2.10. The summed E-state index contributed by atoms with van der Waals surface area (Å²) in [6.07, 6.45) is 1.96. The van der Waals surface area contributed by atoms with Crippen molar-refractivity contribution in [3.63, 3.8) is 0 Å². The zero-order valence-corrected chi connectivity index (χ0v) is 8.33. The van der Waals surface area contributed by atoms with E-state index >= 15 is 0 Å². The van der Waals surface area contributed by atoms with E-state index in [0.717, 1.165) is 18.4 Å². The molecule has 76 valence electrons. The van der Waals surface area contributed by atoms with Crippen molar-refractivity contribution in [3.8, 4) is 0 Å². The summed E-state index contributed by atoms with van der Waals surface area (Å²) in [6.45, 7) is 2.31. The number of halogens is 1. The van der Waals surface area contributed by atoms with Gasteiger partial charge in [0.2, 0.25) is 0 Å². The fourth-order valence-corrected chi connectivity index (χ4v) is 2.41. The number of hydrogen-bond acceptors (Lipinski definition) is 1. The molecule has 2 heteroatoms. The van der Waals surface area contributed by atoms with E-state index in [1.54, 1.807) is 12.1 Å². The van der Waals surface area contributed by atoms with Gasteiger partial charge in [-0.25, -0.2) is 4.39 Å². The lowest BCUT2D eigenvalue weighted by molar-refractivity contribution is 0.262. The third kappa shape index (κ3) is 1.34. The van der Waals surface area contributed by atoms with Crippen LogP contribution < -0.4 is 0 Å². The average molecular weight is 194 g/mol. The molecule has 1 aromatic rings. The maximum absolute atomic E-state index is 13.0. The fourth-order valence-electron chi connectivity index (χ4n) is 2.41. The summed E-state index contributed by atoms with van der Waals surface area (Å²) in [6, 6.07) is 6.76. The molecule has 0 aromatic heterocycles. The quantitative estimate of drug-likeness (QED) is 0.783. The molecule has 1 N–H and O–H groups in total. The third-order valence-electron chi connectivity index (χ3n) is 3.48. The van der Waals surface area contributed by atoms with E-state index in [2.05, 4.69) is 6.92 Å². The van der Waals surface area contributed by atoms with Crippen molar-refractivity contribution in [2.24, 2.45) is 5.92 Å². The Balaban J connectivity index is 2.30. The summed E-state index contributed by atoms with van der Waals surface area (Å²) in [4.78, 5) is 0. The molecule has 0 spiro atoms. The molecule has 2 atom stereocenters. The number of benzene rings is 1. The maximum Gasteiger partial charge on any atom is 0.123 e. The van der Waals surface area contributed by atoms with Gasteiger partial charge < -0.3 is 5.11 Å². The Morgan fingerprint density at radius 1 is 1.57 bits per heavy atom. The van der Waals surface area contributed by atoms with Gasteiger partial charge in [-0.3, -0.25) is 0 Å². The normalized spacial score (nSPS) is 30.4. The van der Waals surface area contributed by atoms with Crippen molar-refractivity contribution >= 4 is 0 Å². The standard InChI is InChI=1S/C12H15FO/c1-2-12(7-10(12)8-14)9-4-3-5-11(13)6-9/h3-6,10,14H,2,7-8H2,1H3. The van der Waals surface area contributed by atoms with Gasteiger partial charge in [0.15, 0.2) is 0 Å². The van der Waals surface area contributed by atoms with Crippen molar-refractivity contribution in [1.82, 2.24) is 0 Å². The highest BCUT2D eigenvalue weighted by Crippen LogP contribution is 2.56. The topological polar surface area (TPSA) is 20.2 Å². The van der Waals surface area contributed by atoms with Crippen LogP contribution in [0.25, 0.3) is 0 Å². The Labute approximate surface area is 83.6 Å². The second kappa shape index (κ2) is 3.35. The molecule has 1 nitrogen and oxygen atoms in total. The molecule has 0 saturated heterocycles. The Morgan fingerprint density at radius 2 is 2.36 bits per heavy atom. The Bertz CT molecular complexity index is 337. The summed E-state index contributed by atoms with van der Waals surface area (Å²) in [5, 5.41) is 9.11. The number of aliphatic hydroxyl groups excluding tert-OH is 1. The van der Waals surface area contributed by atoms with Gasteiger partial charge >= 0.3 is 0 Å². The van der Waals surface area contributed by atoms with Crippen molar-refractivity contribution < 1.29 is 9.50 Å². The lowest BCUT2D eigenvalue weighted by atomic mass is 9.90. The molecular formula is C12H15FO. The van der Waals surface area contributed by atoms with Gasteiger partial charge in [0.05, 0.1) is 0 Å². The molecule has 14 heavy (non-hydrogen) atoms. The van der Waals surface area contributed by atoms with Crippen LogP contribution in [0.2, 0.25) is 0 Å². The summed E-state index contributed by atoms with van der Waals surface area (Å²) in [7, 11) is 0. The lowest BCUT2D eigenvalue weighted by Gasteiger charge is -2.14. The molecule has 2 unspecified atom stereocenters. The van der Waals surface area contributed by atoms with Crippen LogP contribution in [0.3, 0.4) is 0 Å². The van der Waals surface area contributed by atoms with Gasteiger partial charge in [-0.15, -0.1) is 0 Å². The predicted octanol–water partition coefficient (Wildman–Crippen LogP) is 2.49. The summed E-state index contributed by atoms with van der Waals surface area (Å²) in [5.41, 5.74) is 1.09. The fraction of sp³-hybridized carbons (Fsp3) is 0.500. The van der Waals surface area contributed by atoms with E-state index in [1.165, 1.54) is 6.07 Å². The van der Waals surface area contributed by atoms with Crippen LogP contribution in [0.15, 0.2) is 24.3 Å².